The van der Waals surface area contributed by atoms with Crippen LogP contribution in [0, 0.1) is 4.77 Å². The van der Waals surface area contributed by atoms with Gasteiger partial charge >= 0.3 is 0 Å². The minimum absolute atomic E-state index is 0.0578. The molecule has 25 heavy (non-hydrogen) atoms. The largest absolute Gasteiger partial charge is 0.298 e. The molecule has 0 amide bonds. The highest BCUT2D eigenvalue weighted by molar-refractivity contribution is 7.71. The van der Waals surface area contributed by atoms with Crippen LogP contribution in [0.3, 0.4) is 0 Å². The second-order valence-corrected chi connectivity index (χ2v) is 6.63. The molecule has 0 aliphatic heterocycles. The Labute approximate surface area is 162 Å². The average molecular weight is 412 g/mol. The fourth-order valence-electron chi connectivity index (χ4n) is 2.33. The molecule has 0 spiro atoms. The van der Waals surface area contributed by atoms with Crippen molar-refractivity contribution in [3.05, 3.63) is 84.4 Å². The molecular weight excluding hydrogens is 403 g/mol. The molecule has 0 bridgehead atoms. The Morgan fingerprint density at radius 1 is 0.800 bits per heavy atom. The molecule has 0 aliphatic rings. The zero-order valence-corrected chi connectivity index (χ0v) is 15.5. The summed E-state index contributed by atoms with van der Waals surface area (Å²) >= 11 is 23.5. The van der Waals surface area contributed by atoms with Crippen LogP contribution in [0.1, 0.15) is 10.4 Å². The molecule has 126 valence electrons. The monoisotopic (exact) mass is 410 g/mol. The molecule has 3 rings (SSSR count). The highest BCUT2D eigenvalue weighted by Crippen LogP contribution is 2.22. The number of nitrogens with zero attached hydrogens (tertiary/aromatic N) is 2. The maximum Gasteiger partial charge on any atom is 0.271 e. The van der Waals surface area contributed by atoms with Gasteiger partial charge in [-0.1, -0.05) is 34.8 Å². The first kappa shape index (κ1) is 17.9. The number of hydrogen-bond acceptors (Lipinski definition) is 3. The first-order chi connectivity index (χ1) is 11.9. The van der Waals surface area contributed by atoms with Gasteiger partial charge < -0.3 is 0 Å². The highest BCUT2D eigenvalue weighted by Gasteiger charge is 2.17. The smallest absolute Gasteiger partial charge is 0.271 e. The number of halogens is 3. The second kappa shape index (κ2) is 7.14. The first-order valence-corrected chi connectivity index (χ1v) is 8.53. The minimum Gasteiger partial charge on any atom is -0.298 e. The summed E-state index contributed by atoms with van der Waals surface area (Å²) in [6.45, 7) is 0. The van der Waals surface area contributed by atoms with Crippen LogP contribution >= 0.6 is 47.0 Å². The zero-order chi connectivity index (χ0) is 18.1. The fraction of sp³-hybridized carbons (Fsp3) is 0. The van der Waals surface area contributed by atoms with Crippen molar-refractivity contribution in [1.29, 1.82) is 0 Å². The Balaban J connectivity index is 2.40. The topological polar surface area (TPSA) is 44.0 Å². The van der Waals surface area contributed by atoms with Crippen molar-refractivity contribution < 1.29 is 4.79 Å². The van der Waals surface area contributed by atoms with E-state index in [4.69, 9.17) is 47.0 Å². The van der Waals surface area contributed by atoms with Gasteiger partial charge in [0.2, 0.25) is 0 Å². The lowest BCUT2D eigenvalue weighted by molar-refractivity contribution is 0.112. The number of hydrogen-bond donors (Lipinski definition) is 0. The van der Waals surface area contributed by atoms with E-state index in [0.717, 1.165) is 0 Å². The summed E-state index contributed by atoms with van der Waals surface area (Å²) in [7, 11) is 0. The maximum atomic E-state index is 12.7. The Hall–Kier alpha value is -1.92. The molecule has 0 aliphatic carbocycles. The van der Waals surface area contributed by atoms with Crippen molar-refractivity contribution in [3.63, 3.8) is 0 Å². The molecule has 0 fully saturated rings. The van der Waals surface area contributed by atoms with Crippen molar-refractivity contribution in [2.75, 3.05) is 0 Å². The molecule has 1 aromatic heterocycles. The second-order valence-electron chi connectivity index (χ2n) is 5.03. The number of carbonyl (C=O) groups is 1. The predicted octanol–water partition coefficient (Wildman–Crippen LogP) is 5.13. The van der Waals surface area contributed by atoms with Crippen molar-refractivity contribution in [2.24, 2.45) is 0 Å². The van der Waals surface area contributed by atoms with Crippen LogP contribution in [0.25, 0.3) is 11.4 Å². The molecule has 0 unspecified atom stereocenters. The third-order valence-corrected chi connectivity index (χ3v) is 4.76. The molecular formula is C17H9Cl3N2O2S. The van der Waals surface area contributed by atoms with Crippen molar-refractivity contribution in [2.45, 2.75) is 0 Å². The van der Waals surface area contributed by atoms with Crippen LogP contribution in [-0.4, -0.2) is 15.4 Å². The Morgan fingerprint density at radius 3 is 1.68 bits per heavy atom. The molecule has 0 saturated carbocycles. The van der Waals surface area contributed by atoms with Crippen LogP contribution in [0.4, 0.5) is 0 Å². The molecule has 0 saturated heterocycles. The first-order valence-electron chi connectivity index (χ1n) is 6.98. The normalized spacial score (nSPS) is 10.7. The summed E-state index contributed by atoms with van der Waals surface area (Å²) in [5.74, 6) is 0. The van der Waals surface area contributed by atoms with Gasteiger partial charge in [0, 0.05) is 15.7 Å². The Morgan fingerprint density at radius 2 is 1.24 bits per heavy atom. The van der Waals surface area contributed by atoms with E-state index in [2.05, 4.69) is 0 Å². The van der Waals surface area contributed by atoms with E-state index < -0.39 is 5.56 Å². The Kier molecular flexibility index (Phi) is 5.11. The lowest BCUT2D eigenvalue weighted by atomic mass is 10.2. The quantitative estimate of drug-likeness (QED) is 0.341. The Bertz CT molecular complexity index is 1070. The summed E-state index contributed by atoms with van der Waals surface area (Å²) in [5, 5.41) is 0.989. The van der Waals surface area contributed by atoms with Crippen LogP contribution < -0.4 is 5.56 Å². The van der Waals surface area contributed by atoms with E-state index in [1.54, 1.807) is 48.5 Å². The lowest BCUT2D eigenvalue weighted by Crippen LogP contribution is -2.27. The third-order valence-electron chi connectivity index (χ3n) is 3.52. The molecule has 1 heterocycles. The van der Waals surface area contributed by atoms with Gasteiger partial charge in [0.15, 0.2) is 11.1 Å². The van der Waals surface area contributed by atoms with Crippen LogP contribution in [0.15, 0.2) is 53.3 Å². The van der Waals surface area contributed by atoms with E-state index in [1.165, 1.54) is 9.13 Å². The van der Waals surface area contributed by atoms with Crippen LogP contribution in [0.5, 0.6) is 0 Å². The SMILES string of the molecule is O=Cc1c(Cl)n(-c2ccc(Cl)cc2)c(=S)n(-c2ccc(Cl)cc2)c1=O. The minimum atomic E-state index is -0.600. The van der Waals surface area contributed by atoms with Gasteiger partial charge in [-0.2, -0.15) is 0 Å². The molecule has 0 atom stereocenters. The summed E-state index contributed by atoms with van der Waals surface area (Å²) < 4.78 is 2.79. The maximum absolute atomic E-state index is 12.7. The summed E-state index contributed by atoms with van der Waals surface area (Å²) in [6.07, 6.45) is 0.415. The van der Waals surface area contributed by atoms with E-state index in [1.807, 2.05) is 0 Å². The van der Waals surface area contributed by atoms with Crippen LogP contribution in [0.2, 0.25) is 15.2 Å². The average Bonchev–Trinajstić information content (AvgIpc) is 2.58. The van der Waals surface area contributed by atoms with Gasteiger partial charge in [-0.15, -0.1) is 0 Å². The molecule has 0 N–H and O–H groups in total. The van der Waals surface area contributed by atoms with Crippen LogP contribution in [-0.2, 0) is 0 Å². The van der Waals surface area contributed by atoms with Gasteiger partial charge in [0.05, 0.1) is 5.69 Å². The highest BCUT2D eigenvalue weighted by atomic mass is 35.5. The number of aldehydes is 1. The van der Waals surface area contributed by atoms with E-state index in [-0.39, 0.29) is 15.5 Å². The van der Waals surface area contributed by atoms with Crippen molar-refractivity contribution in [3.8, 4) is 11.4 Å². The standard InChI is InChI=1S/C17H9Cl3N2O2S/c18-10-1-5-12(6-2-10)21-15(20)14(9-23)16(24)22(17(21)25)13-7-3-11(19)4-8-13/h1-9H. The fourth-order valence-corrected chi connectivity index (χ4v) is 3.32. The van der Waals surface area contributed by atoms with Crippen molar-refractivity contribution >= 4 is 53.3 Å². The van der Waals surface area contributed by atoms with Gasteiger partial charge in [0.25, 0.3) is 5.56 Å². The predicted molar refractivity (Wildman–Crippen MR) is 103 cm³/mol. The van der Waals surface area contributed by atoms with Crippen molar-refractivity contribution in [1.82, 2.24) is 9.13 Å². The van der Waals surface area contributed by atoms with Gasteiger partial charge in [-0.25, -0.2) is 0 Å². The number of rotatable bonds is 3. The third kappa shape index (κ3) is 3.28. The van der Waals surface area contributed by atoms with Gasteiger partial charge in [0.1, 0.15) is 10.7 Å². The number of benzene rings is 2. The van der Waals surface area contributed by atoms with E-state index in [0.29, 0.717) is 27.7 Å². The molecule has 8 heteroatoms. The number of carbonyl (C=O) groups excluding carboxylic acids is 1. The number of aromatic nitrogens is 2. The zero-order valence-electron chi connectivity index (χ0n) is 12.4. The molecule has 3 aromatic rings. The summed E-state index contributed by atoms with van der Waals surface area (Å²) in [5.41, 5.74) is 0.254. The molecule has 4 nitrogen and oxygen atoms in total. The molecule has 2 aromatic carbocycles. The lowest BCUT2D eigenvalue weighted by Gasteiger charge is -2.16. The van der Waals surface area contributed by atoms with E-state index >= 15 is 0 Å². The summed E-state index contributed by atoms with van der Waals surface area (Å²) in [4.78, 5) is 24.1. The van der Waals surface area contributed by atoms with E-state index in [9.17, 15) is 9.59 Å². The molecule has 0 radical (unpaired) electrons. The van der Waals surface area contributed by atoms with Gasteiger partial charge in [-0.05, 0) is 60.7 Å². The van der Waals surface area contributed by atoms with Gasteiger partial charge in [-0.3, -0.25) is 18.7 Å². The summed E-state index contributed by atoms with van der Waals surface area (Å²) in [6, 6.07) is 13.2.